The van der Waals surface area contributed by atoms with E-state index in [1.54, 1.807) is 24.3 Å². The van der Waals surface area contributed by atoms with Gasteiger partial charge in [-0.15, -0.1) is 11.8 Å². The zero-order valence-electron chi connectivity index (χ0n) is 12.3. The number of benzene rings is 2. The van der Waals surface area contributed by atoms with Gasteiger partial charge in [-0.25, -0.2) is 4.39 Å². The van der Waals surface area contributed by atoms with Crippen molar-refractivity contribution in [3.63, 3.8) is 0 Å². The van der Waals surface area contributed by atoms with Crippen LogP contribution in [0.15, 0.2) is 48.5 Å². The molecule has 0 N–H and O–H groups in total. The van der Waals surface area contributed by atoms with Gasteiger partial charge in [0.15, 0.2) is 0 Å². The van der Waals surface area contributed by atoms with Crippen LogP contribution in [0.4, 0.5) is 4.39 Å². The molecule has 1 aliphatic heterocycles. The number of carboxylic acid groups (broad SMARTS) is 1. The molecule has 1 saturated heterocycles. The lowest BCUT2D eigenvalue weighted by Crippen LogP contribution is -2.49. The molecule has 0 saturated carbocycles. The molecule has 1 aliphatic rings. The smallest absolute Gasteiger partial charge is 0.258 e. The van der Waals surface area contributed by atoms with Crippen LogP contribution in [-0.4, -0.2) is 28.6 Å². The Bertz CT molecular complexity index is 801. The minimum absolute atomic E-state index is 0.151. The minimum atomic E-state index is -1.37. The zero-order chi connectivity index (χ0) is 17.3. The fourth-order valence-corrected chi connectivity index (χ4v) is 4.38. The lowest BCUT2D eigenvalue weighted by molar-refractivity contribution is -0.310. The standard InChI is InChI=1S/C17H13ClFNO3S/c18-12-7-3-1-5-10(12)16-20(14(9-24-16)17(22)23)15(21)11-6-2-4-8-13(11)19/h1-8,14,16H,9H2,(H,22,23)/p-1/t14-,16+/m1/s1. The Labute approximate surface area is 147 Å². The van der Waals surface area contributed by atoms with E-state index in [0.717, 1.165) is 11.0 Å². The fourth-order valence-electron chi connectivity index (χ4n) is 2.62. The first-order valence-corrected chi connectivity index (χ1v) is 8.57. The highest BCUT2D eigenvalue weighted by Gasteiger charge is 2.40. The molecular weight excluding hydrogens is 353 g/mol. The van der Waals surface area contributed by atoms with Gasteiger partial charge in [-0.05, 0) is 18.2 Å². The van der Waals surface area contributed by atoms with Gasteiger partial charge < -0.3 is 14.8 Å². The third-order valence-electron chi connectivity index (χ3n) is 3.78. The number of hydrogen-bond acceptors (Lipinski definition) is 4. The summed E-state index contributed by atoms with van der Waals surface area (Å²) in [5.74, 6) is -2.62. The van der Waals surface area contributed by atoms with Gasteiger partial charge in [-0.1, -0.05) is 41.9 Å². The number of halogens is 2. The molecular formula is C17H12ClFNO3S-. The molecule has 124 valence electrons. The third-order valence-corrected chi connectivity index (χ3v) is 5.43. The van der Waals surface area contributed by atoms with Crippen LogP contribution in [0.25, 0.3) is 0 Å². The molecule has 0 spiro atoms. The van der Waals surface area contributed by atoms with E-state index in [2.05, 4.69) is 0 Å². The monoisotopic (exact) mass is 364 g/mol. The molecule has 1 heterocycles. The highest BCUT2D eigenvalue weighted by atomic mass is 35.5. The zero-order valence-corrected chi connectivity index (χ0v) is 13.9. The van der Waals surface area contributed by atoms with Gasteiger partial charge in [0, 0.05) is 16.3 Å². The van der Waals surface area contributed by atoms with E-state index in [0.29, 0.717) is 10.6 Å². The normalized spacial score (nSPS) is 20.2. The molecule has 4 nitrogen and oxygen atoms in total. The van der Waals surface area contributed by atoms with Gasteiger partial charge in [0.2, 0.25) is 0 Å². The lowest BCUT2D eigenvalue weighted by Gasteiger charge is -2.30. The summed E-state index contributed by atoms with van der Waals surface area (Å²) in [4.78, 5) is 25.4. The third kappa shape index (κ3) is 2.99. The first-order valence-electron chi connectivity index (χ1n) is 7.15. The Morgan fingerprint density at radius 3 is 2.50 bits per heavy atom. The lowest BCUT2D eigenvalue weighted by atomic mass is 10.1. The second kappa shape index (κ2) is 6.83. The summed E-state index contributed by atoms with van der Waals surface area (Å²) in [6, 6.07) is 11.2. The van der Waals surface area contributed by atoms with Crippen LogP contribution in [0.3, 0.4) is 0 Å². The molecule has 24 heavy (non-hydrogen) atoms. The maximum Gasteiger partial charge on any atom is 0.258 e. The van der Waals surface area contributed by atoms with Crippen LogP contribution in [0, 0.1) is 5.82 Å². The van der Waals surface area contributed by atoms with Crippen LogP contribution < -0.4 is 5.11 Å². The first-order chi connectivity index (χ1) is 11.5. The number of amides is 1. The summed E-state index contributed by atoms with van der Waals surface area (Å²) in [7, 11) is 0. The molecule has 1 fully saturated rings. The summed E-state index contributed by atoms with van der Waals surface area (Å²) in [6.45, 7) is 0. The molecule has 0 unspecified atom stereocenters. The second-order valence-electron chi connectivity index (χ2n) is 5.23. The number of aliphatic carboxylic acids is 1. The van der Waals surface area contributed by atoms with Gasteiger partial charge in [-0.2, -0.15) is 0 Å². The Morgan fingerprint density at radius 2 is 1.83 bits per heavy atom. The molecule has 2 atom stereocenters. The fraction of sp³-hybridized carbons (Fsp3) is 0.176. The number of nitrogens with zero attached hydrogens (tertiary/aromatic N) is 1. The molecule has 0 bridgehead atoms. The average Bonchev–Trinajstić information content (AvgIpc) is 3.00. The Kier molecular flexibility index (Phi) is 4.78. The van der Waals surface area contributed by atoms with Crippen LogP contribution in [-0.2, 0) is 4.79 Å². The predicted molar refractivity (Wildman–Crippen MR) is 88.0 cm³/mol. The van der Waals surface area contributed by atoms with Gasteiger partial charge >= 0.3 is 0 Å². The van der Waals surface area contributed by atoms with Crippen LogP contribution in [0.5, 0.6) is 0 Å². The Hall–Kier alpha value is -2.05. The van der Waals surface area contributed by atoms with Crippen molar-refractivity contribution in [3.8, 4) is 0 Å². The predicted octanol–water partition coefficient (Wildman–Crippen LogP) is 2.49. The summed E-state index contributed by atoms with van der Waals surface area (Å²) >= 11 is 7.45. The van der Waals surface area contributed by atoms with Crippen molar-refractivity contribution < 1.29 is 19.1 Å². The van der Waals surface area contributed by atoms with E-state index in [-0.39, 0.29) is 11.3 Å². The quantitative estimate of drug-likeness (QED) is 0.839. The van der Waals surface area contributed by atoms with Crippen molar-refractivity contribution in [2.75, 3.05) is 5.75 Å². The van der Waals surface area contributed by atoms with Crippen molar-refractivity contribution in [3.05, 3.63) is 70.5 Å². The van der Waals surface area contributed by atoms with Gasteiger partial charge in [-0.3, -0.25) is 4.79 Å². The topological polar surface area (TPSA) is 60.4 Å². The summed E-state index contributed by atoms with van der Waals surface area (Å²) in [6.07, 6.45) is 0. The number of thioether (sulfide) groups is 1. The first kappa shape index (κ1) is 16.8. The molecule has 0 aliphatic carbocycles. The second-order valence-corrected chi connectivity index (χ2v) is 6.75. The SMILES string of the molecule is O=C([O-])[C@H]1CS[C@@H](c2ccccc2Cl)N1C(=O)c1ccccc1F. The molecule has 0 aromatic heterocycles. The average molecular weight is 365 g/mol. The Morgan fingerprint density at radius 1 is 1.17 bits per heavy atom. The molecule has 2 aromatic carbocycles. The summed E-state index contributed by atoms with van der Waals surface area (Å²) < 4.78 is 14.0. The maximum absolute atomic E-state index is 14.0. The van der Waals surface area contributed by atoms with E-state index < -0.39 is 29.1 Å². The highest BCUT2D eigenvalue weighted by Crippen LogP contribution is 2.44. The summed E-state index contributed by atoms with van der Waals surface area (Å²) in [5, 5.41) is 11.2. The van der Waals surface area contributed by atoms with E-state index in [1.807, 2.05) is 0 Å². The van der Waals surface area contributed by atoms with Gasteiger partial charge in [0.05, 0.1) is 17.6 Å². The van der Waals surface area contributed by atoms with Crippen molar-refractivity contribution in [1.82, 2.24) is 4.90 Å². The van der Waals surface area contributed by atoms with Crippen LogP contribution in [0.2, 0.25) is 5.02 Å². The van der Waals surface area contributed by atoms with Gasteiger partial charge in [0.25, 0.3) is 5.91 Å². The van der Waals surface area contributed by atoms with Crippen molar-refractivity contribution in [2.24, 2.45) is 0 Å². The number of hydrogen-bond donors (Lipinski definition) is 0. The molecule has 7 heteroatoms. The molecule has 3 rings (SSSR count). The molecule has 0 radical (unpaired) electrons. The molecule has 1 amide bonds. The molecule has 2 aromatic rings. The van der Waals surface area contributed by atoms with Crippen molar-refractivity contribution >= 4 is 35.2 Å². The number of carbonyl (C=O) groups excluding carboxylic acids is 2. The largest absolute Gasteiger partial charge is 0.548 e. The summed E-state index contributed by atoms with van der Waals surface area (Å²) in [5.41, 5.74) is 0.431. The number of carboxylic acids is 1. The van der Waals surface area contributed by atoms with Crippen LogP contribution >= 0.6 is 23.4 Å². The Balaban J connectivity index is 2.05. The minimum Gasteiger partial charge on any atom is -0.548 e. The van der Waals surface area contributed by atoms with E-state index >= 15 is 0 Å². The highest BCUT2D eigenvalue weighted by molar-refractivity contribution is 7.99. The van der Waals surface area contributed by atoms with Crippen molar-refractivity contribution in [2.45, 2.75) is 11.4 Å². The number of carbonyl (C=O) groups is 2. The maximum atomic E-state index is 14.0. The van der Waals surface area contributed by atoms with E-state index in [9.17, 15) is 19.1 Å². The van der Waals surface area contributed by atoms with Crippen molar-refractivity contribution in [1.29, 1.82) is 0 Å². The van der Waals surface area contributed by atoms with Gasteiger partial charge in [0.1, 0.15) is 11.2 Å². The van der Waals surface area contributed by atoms with Crippen LogP contribution in [0.1, 0.15) is 21.3 Å². The number of rotatable bonds is 3. The van der Waals surface area contributed by atoms with E-state index in [1.165, 1.54) is 30.0 Å². The van der Waals surface area contributed by atoms with E-state index in [4.69, 9.17) is 11.6 Å².